The van der Waals surface area contributed by atoms with E-state index in [2.05, 4.69) is 0 Å². The van der Waals surface area contributed by atoms with E-state index in [-0.39, 0.29) is 17.7 Å². The Labute approximate surface area is 181 Å². The van der Waals surface area contributed by atoms with Crippen molar-refractivity contribution in [3.05, 3.63) is 45.1 Å². The van der Waals surface area contributed by atoms with Crippen LogP contribution in [0.3, 0.4) is 0 Å². The summed E-state index contributed by atoms with van der Waals surface area (Å²) in [4.78, 5) is 11.9. The second-order valence-corrected chi connectivity index (χ2v) is 9.68. The normalized spacial score (nSPS) is 26.0. The van der Waals surface area contributed by atoms with Gasteiger partial charge in [-0.1, -0.05) is 35.9 Å². The van der Waals surface area contributed by atoms with Gasteiger partial charge in [0.25, 0.3) is 0 Å². The molecule has 0 spiro atoms. The zero-order valence-corrected chi connectivity index (χ0v) is 18.4. The van der Waals surface area contributed by atoms with Gasteiger partial charge in [0.15, 0.2) is 0 Å². The predicted octanol–water partition coefficient (Wildman–Crippen LogP) is 3.52. The maximum Gasteiger partial charge on any atom is 0.217 e. The minimum absolute atomic E-state index is 0.0881. The Balaban J connectivity index is 1.84. The first-order valence-corrected chi connectivity index (χ1v) is 11.4. The molecule has 1 aliphatic carbocycles. The van der Waals surface area contributed by atoms with E-state index in [0.29, 0.717) is 38.5 Å². The van der Waals surface area contributed by atoms with Crippen molar-refractivity contribution < 1.29 is 20.1 Å². The predicted molar refractivity (Wildman–Crippen MR) is 118 cm³/mol. The lowest BCUT2D eigenvalue weighted by molar-refractivity contribution is -0.118. The van der Waals surface area contributed by atoms with Gasteiger partial charge < -0.3 is 21.1 Å². The fourth-order valence-electron chi connectivity index (χ4n) is 3.84. The highest BCUT2D eigenvalue weighted by molar-refractivity contribution is 7.16. The number of unbranched alkanes of at least 4 members (excludes halogenated alkanes) is 1. The van der Waals surface area contributed by atoms with Crippen LogP contribution in [0.1, 0.15) is 49.0 Å². The fourth-order valence-corrected chi connectivity index (χ4v) is 5.13. The first-order valence-electron chi connectivity index (χ1n) is 10.2. The Morgan fingerprint density at radius 1 is 1.38 bits per heavy atom. The number of halogens is 1. The molecule has 1 aromatic rings. The lowest BCUT2D eigenvalue weighted by Gasteiger charge is -2.19. The second kappa shape index (κ2) is 11.9. The van der Waals surface area contributed by atoms with E-state index in [9.17, 15) is 20.1 Å². The van der Waals surface area contributed by atoms with Gasteiger partial charge in [-0.05, 0) is 56.6 Å². The number of hydrogen-bond donors (Lipinski definition) is 4. The van der Waals surface area contributed by atoms with Gasteiger partial charge in [0.1, 0.15) is 0 Å². The summed E-state index contributed by atoms with van der Waals surface area (Å²) in [6, 6.07) is 2.05. The van der Waals surface area contributed by atoms with Gasteiger partial charge in [0.05, 0.1) is 22.6 Å². The number of rotatable bonds is 11. The number of aliphatic hydroxyl groups excluding tert-OH is 3. The van der Waals surface area contributed by atoms with E-state index in [4.69, 9.17) is 17.3 Å². The molecule has 29 heavy (non-hydrogen) atoms. The van der Waals surface area contributed by atoms with Crippen molar-refractivity contribution in [1.29, 1.82) is 0 Å². The van der Waals surface area contributed by atoms with Crippen molar-refractivity contribution >= 4 is 28.8 Å². The van der Waals surface area contributed by atoms with Gasteiger partial charge in [-0.15, -0.1) is 11.3 Å². The number of carbonyl (C=O) groups excluding carboxylic acids is 1. The van der Waals surface area contributed by atoms with Gasteiger partial charge in [-0.25, -0.2) is 0 Å². The molecule has 162 valence electrons. The second-order valence-electron chi connectivity index (χ2n) is 7.82. The van der Waals surface area contributed by atoms with Crippen LogP contribution in [0.5, 0.6) is 0 Å². The molecule has 1 saturated carbocycles. The molecule has 5 nitrogen and oxygen atoms in total. The van der Waals surface area contributed by atoms with E-state index in [1.807, 2.05) is 31.2 Å². The van der Waals surface area contributed by atoms with Gasteiger partial charge in [0, 0.05) is 23.6 Å². The van der Waals surface area contributed by atoms with Crippen LogP contribution in [0.25, 0.3) is 0 Å². The van der Waals surface area contributed by atoms with Crippen LogP contribution in [0.4, 0.5) is 0 Å². The molecule has 0 aromatic carbocycles. The van der Waals surface area contributed by atoms with E-state index in [1.54, 1.807) is 17.4 Å². The highest BCUT2D eigenvalue weighted by Gasteiger charge is 2.39. The molecular weight excluding hydrogens is 410 g/mol. The molecule has 0 saturated heterocycles. The fraction of sp³-hybridized carbons (Fsp3) is 0.591. The Hall–Kier alpha value is -1.18. The Morgan fingerprint density at radius 3 is 2.79 bits per heavy atom. The number of amides is 1. The molecule has 1 amide bonds. The molecule has 2 rings (SSSR count). The van der Waals surface area contributed by atoms with Crippen molar-refractivity contribution in [3.8, 4) is 0 Å². The summed E-state index contributed by atoms with van der Waals surface area (Å²) in [5.41, 5.74) is 6.17. The average Bonchev–Trinajstić information content (AvgIpc) is 3.11. The number of carbonyl (C=O) groups is 1. The van der Waals surface area contributed by atoms with Crippen molar-refractivity contribution in [2.45, 2.75) is 70.2 Å². The number of allylic oxidation sites excluding steroid dienone is 2. The first kappa shape index (κ1) is 24.1. The zero-order chi connectivity index (χ0) is 21.4. The smallest absolute Gasteiger partial charge is 0.217 e. The van der Waals surface area contributed by atoms with Gasteiger partial charge in [-0.3, -0.25) is 4.79 Å². The van der Waals surface area contributed by atoms with Crippen molar-refractivity contribution in [3.63, 3.8) is 0 Å². The average molecular weight is 442 g/mol. The third-order valence-corrected chi connectivity index (χ3v) is 6.79. The van der Waals surface area contributed by atoms with Crippen LogP contribution in [0.15, 0.2) is 30.4 Å². The first-order chi connectivity index (χ1) is 13.8. The van der Waals surface area contributed by atoms with E-state index >= 15 is 0 Å². The summed E-state index contributed by atoms with van der Waals surface area (Å²) in [6.45, 7) is 2.01. The summed E-state index contributed by atoms with van der Waals surface area (Å²) in [5, 5.41) is 30.9. The molecule has 1 aromatic heterocycles. The van der Waals surface area contributed by atoms with Crippen LogP contribution in [0.2, 0.25) is 4.34 Å². The van der Waals surface area contributed by atoms with E-state index < -0.39 is 18.3 Å². The van der Waals surface area contributed by atoms with Crippen molar-refractivity contribution in [2.75, 3.05) is 0 Å². The van der Waals surface area contributed by atoms with Crippen molar-refractivity contribution in [2.24, 2.45) is 17.6 Å². The number of thiophene rings is 1. The topological polar surface area (TPSA) is 104 Å². The standard InChI is InChI=1S/C22H32ClNO4S/c1-14-12-15(22(23)29-14)8-9-16(25)10-11-18-17(19(26)13-20(18)27)6-4-2-3-5-7-21(24)28/h2,4,10-12,16-20,25-27H,3,5-9,13H2,1H3,(H2,24,28)/b4-2-,11-10+/t16-,17+,18+,19-,20+/m0/s1. The van der Waals surface area contributed by atoms with Crippen LogP contribution in [-0.4, -0.2) is 39.5 Å². The number of hydrogen-bond acceptors (Lipinski definition) is 5. The SMILES string of the molecule is Cc1cc(CC[C@H](O)/C=C/[C@@H]2[C@@H](C/C=C\CCCC(N)=O)[C@@H](O)C[C@H]2O)c(Cl)s1. The van der Waals surface area contributed by atoms with Crippen LogP contribution in [-0.2, 0) is 11.2 Å². The molecule has 5 N–H and O–H groups in total. The quantitative estimate of drug-likeness (QED) is 0.311. The number of aryl methyl sites for hydroxylation is 2. The van der Waals surface area contributed by atoms with Crippen LogP contribution < -0.4 is 5.73 Å². The molecule has 1 heterocycles. The van der Waals surface area contributed by atoms with Gasteiger partial charge >= 0.3 is 0 Å². The minimum Gasteiger partial charge on any atom is -0.393 e. The number of aliphatic hydroxyl groups is 3. The van der Waals surface area contributed by atoms with Crippen LogP contribution in [0, 0.1) is 18.8 Å². The van der Waals surface area contributed by atoms with Gasteiger partial charge in [0.2, 0.25) is 5.91 Å². The third kappa shape index (κ3) is 7.87. The highest BCUT2D eigenvalue weighted by Crippen LogP contribution is 2.36. The lowest BCUT2D eigenvalue weighted by atomic mass is 9.89. The summed E-state index contributed by atoms with van der Waals surface area (Å²) >= 11 is 7.73. The van der Waals surface area contributed by atoms with Gasteiger partial charge in [-0.2, -0.15) is 0 Å². The van der Waals surface area contributed by atoms with Crippen LogP contribution >= 0.6 is 22.9 Å². The molecule has 7 heteroatoms. The Bertz CT molecular complexity index is 718. The summed E-state index contributed by atoms with van der Waals surface area (Å²) < 4.78 is 0.774. The number of primary amides is 1. The third-order valence-electron chi connectivity index (χ3n) is 5.43. The van der Waals surface area contributed by atoms with E-state index in [0.717, 1.165) is 21.2 Å². The van der Waals surface area contributed by atoms with E-state index in [1.165, 1.54) is 0 Å². The summed E-state index contributed by atoms with van der Waals surface area (Å²) in [7, 11) is 0. The molecule has 5 atom stereocenters. The molecule has 1 fully saturated rings. The zero-order valence-electron chi connectivity index (χ0n) is 16.8. The highest BCUT2D eigenvalue weighted by atomic mass is 35.5. The minimum atomic E-state index is -0.624. The number of nitrogens with two attached hydrogens (primary N) is 1. The monoisotopic (exact) mass is 441 g/mol. The maximum atomic E-state index is 10.7. The largest absolute Gasteiger partial charge is 0.393 e. The molecule has 1 aliphatic rings. The molecule has 0 bridgehead atoms. The lowest BCUT2D eigenvalue weighted by Crippen LogP contribution is -2.20. The van der Waals surface area contributed by atoms with Crippen molar-refractivity contribution in [1.82, 2.24) is 0 Å². The molecular formula is C22H32ClNO4S. The molecule has 0 radical (unpaired) electrons. The molecule has 0 unspecified atom stereocenters. The molecule has 0 aliphatic heterocycles. The summed E-state index contributed by atoms with van der Waals surface area (Å²) in [6.07, 6.45) is 9.82. The Morgan fingerprint density at radius 2 is 2.14 bits per heavy atom. The summed E-state index contributed by atoms with van der Waals surface area (Å²) in [5.74, 6) is -0.579. The Kier molecular flexibility index (Phi) is 9.86. The maximum absolute atomic E-state index is 10.7.